The van der Waals surface area contributed by atoms with Gasteiger partial charge in [-0.05, 0) is 42.5 Å². The fourth-order valence-corrected chi connectivity index (χ4v) is 3.30. The van der Waals surface area contributed by atoms with Crippen molar-refractivity contribution < 1.29 is 14.6 Å². The Labute approximate surface area is 164 Å². The van der Waals surface area contributed by atoms with Gasteiger partial charge in [-0.3, -0.25) is 4.79 Å². The summed E-state index contributed by atoms with van der Waals surface area (Å²) in [6.07, 6.45) is 3.15. The van der Waals surface area contributed by atoms with E-state index < -0.39 is 0 Å². The van der Waals surface area contributed by atoms with Gasteiger partial charge in [0.1, 0.15) is 5.75 Å². The van der Waals surface area contributed by atoms with Crippen LogP contribution in [0.5, 0.6) is 5.75 Å². The van der Waals surface area contributed by atoms with Gasteiger partial charge in [-0.25, -0.2) is 0 Å². The molecule has 26 heavy (non-hydrogen) atoms. The first-order chi connectivity index (χ1) is 12.6. The predicted octanol–water partition coefficient (Wildman–Crippen LogP) is 3.86. The van der Waals surface area contributed by atoms with Crippen LogP contribution in [-0.4, -0.2) is 47.1 Å². The van der Waals surface area contributed by atoms with E-state index in [9.17, 15) is 4.79 Å². The zero-order valence-electron chi connectivity index (χ0n) is 14.8. The predicted molar refractivity (Wildman–Crippen MR) is 108 cm³/mol. The Balaban J connectivity index is 0.000000290. The van der Waals surface area contributed by atoms with Crippen molar-refractivity contribution in [1.82, 2.24) is 4.90 Å². The Morgan fingerprint density at radius 2 is 1.92 bits per heavy atom. The van der Waals surface area contributed by atoms with E-state index in [0.29, 0.717) is 11.0 Å². The van der Waals surface area contributed by atoms with E-state index in [2.05, 4.69) is 6.26 Å². The number of hydrogen-bond donors (Lipinski definition) is 1. The van der Waals surface area contributed by atoms with Crippen LogP contribution in [-0.2, 0) is 11.4 Å². The van der Waals surface area contributed by atoms with Gasteiger partial charge in [0.15, 0.2) is 6.61 Å². The number of thioether (sulfide) groups is 1. The maximum absolute atomic E-state index is 12.0. The van der Waals surface area contributed by atoms with Crippen molar-refractivity contribution in [2.75, 3.05) is 26.0 Å². The second kappa shape index (κ2) is 11.1. The molecule has 140 valence electrons. The number of rotatable bonds is 5. The Hall–Kier alpha value is -1.69. The zero-order valence-corrected chi connectivity index (χ0v) is 16.4. The zero-order chi connectivity index (χ0) is 18.8. The molecule has 1 amide bonds. The molecule has 1 heterocycles. The molecule has 3 rings (SSSR count). The lowest BCUT2D eigenvalue weighted by atomic mass is 10.2. The summed E-state index contributed by atoms with van der Waals surface area (Å²) in [5.41, 5.74) is 0.834. The first kappa shape index (κ1) is 20.6. The molecule has 2 aromatic rings. The minimum absolute atomic E-state index is 0.0169. The molecule has 1 atom stereocenters. The maximum Gasteiger partial charge on any atom is 0.260 e. The van der Waals surface area contributed by atoms with Crippen molar-refractivity contribution in [1.29, 1.82) is 0 Å². The average molecular weight is 394 g/mol. The van der Waals surface area contributed by atoms with Crippen LogP contribution in [0.1, 0.15) is 12.0 Å². The van der Waals surface area contributed by atoms with Gasteiger partial charge in [-0.1, -0.05) is 41.9 Å². The number of aliphatic hydroxyl groups excluding tert-OH is 1. The summed E-state index contributed by atoms with van der Waals surface area (Å²) < 4.78 is 5.47. The molecule has 1 saturated heterocycles. The van der Waals surface area contributed by atoms with Gasteiger partial charge < -0.3 is 14.7 Å². The molecular weight excluding hydrogens is 370 g/mol. The van der Waals surface area contributed by atoms with Gasteiger partial charge in [-0.2, -0.15) is 11.8 Å². The second-order valence-corrected chi connectivity index (χ2v) is 7.45. The van der Waals surface area contributed by atoms with Crippen LogP contribution in [0.25, 0.3) is 0 Å². The SMILES string of the molecule is CSC1CCN(C(=O)COc2ccc(CO)cc2)C1.Clc1ccccc1. The number of benzene rings is 2. The number of likely N-dealkylation sites (tertiary alicyclic amines) is 1. The summed E-state index contributed by atoms with van der Waals surface area (Å²) >= 11 is 7.35. The number of amides is 1. The van der Waals surface area contributed by atoms with Gasteiger partial charge >= 0.3 is 0 Å². The van der Waals surface area contributed by atoms with Gasteiger partial charge in [0.2, 0.25) is 0 Å². The third-order valence-corrected chi connectivity index (χ3v) is 5.34. The maximum atomic E-state index is 12.0. The normalized spacial score (nSPS) is 16.0. The van der Waals surface area contributed by atoms with Crippen LogP contribution in [0.15, 0.2) is 54.6 Å². The van der Waals surface area contributed by atoms with Crippen molar-refractivity contribution in [2.24, 2.45) is 0 Å². The first-order valence-electron chi connectivity index (χ1n) is 8.46. The van der Waals surface area contributed by atoms with E-state index in [1.165, 1.54) is 0 Å². The quantitative estimate of drug-likeness (QED) is 0.837. The monoisotopic (exact) mass is 393 g/mol. The Bertz CT molecular complexity index is 667. The molecule has 0 radical (unpaired) electrons. The fourth-order valence-electron chi connectivity index (χ4n) is 2.49. The molecule has 4 nitrogen and oxygen atoms in total. The fraction of sp³-hybridized carbons (Fsp3) is 0.350. The second-order valence-electron chi connectivity index (χ2n) is 5.87. The average Bonchev–Trinajstić information content (AvgIpc) is 3.17. The smallest absolute Gasteiger partial charge is 0.260 e. The molecule has 0 aromatic heterocycles. The summed E-state index contributed by atoms with van der Waals surface area (Å²) in [5, 5.41) is 10.3. The van der Waals surface area contributed by atoms with Crippen LogP contribution in [0, 0.1) is 0 Å². The van der Waals surface area contributed by atoms with Crippen molar-refractivity contribution in [2.45, 2.75) is 18.3 Å². The number of nitrogens with zero attached hydrogens (tertiary/aromatic N) is 1. The summed E-state index contributed by atoms with van der Waals surface area (Å²) in [5.74, 6) is 0.703. The highest BCUT2D eigenvalue weighted by Gasteiger charge is 2.25. The van der Waals surface area contributed by atoms with Crippen molar-refractivity contribution in [3.05, 3.63) is 65.2 Å². The van der Waals surface area contributed by atoms with E-state index in [1.807, 2.05) is 47.0 Å². The van der Waals surface area contributed by atoms with E-state index >= 15 is 0 Å². The number of halogens is 1. The van der Waals surface area contributed by atoms with E-state index in [4.69, 9.17) is 21.4 Å². The molecule has 1 fully saturated rings. The van der Waals surface area contributed by atoms with Gasteiger partial charge in [0.05, 0.1) is 6.61 Å². The van der Waals surface area contributed by atoms with E-state index in [1.54, 1.807) is 24.3 Å². The molecule has 0 spiro atoms. The van der Waals surface area contributed by atoms with E-state index in [0.717, 1.165) is 30.1 Å². The standard InChI is InChI=1S/C14H19NO3S.C6H5Cl/c1-19-13-6-7-15(8-13)14(17)10-18-12-4-2-11(9-16)3-5-12;7-6-4-2-1-3-5-6/h2-5,13,16H,6-10H2,1H3;1-5H. The van der Waals surface area contributed by atoms with Crippen LogP contribution in [0.3, 0.4) is 0 Å². The summed E-state index contributed by atoms with van der Waals surface area (Å²) in [7, 11) is 0. The molecule has 1 aliphatic heterocycles. The molecule has 0 aliphatic carbocycles. The van der Waals surface area contributed by atoms with Gasteiger partial charge in [-0.15, -0.1) is 0 Å². The largest absolute Gasteiger partial charge is 0.484 e. The van der Waals surface area contributed by atoms with Crippen LogP contribution < -0.4 is 4.74 Å². The summed E-state index contributed by atoms with van der Waals surface area (Å²) in [6, 6.07) is 16.6. The number of ether oxygens (including phenoxy) is 1. The third kappa shape index (κ3) is 6.90. The Kier molecular flexibility index (Phi) is 8.81. The van der Waals surface area contributed by atoms with Crippen molar-refractivity contribution in [3.8, 4) is 5.75 Å². The highest BCUT2D eigenvalue weighted by Crippen LogP contribution is 2.20. The molecular formula is C20H24ClNO3S. The first-order valence-corrected chi connectivity index (χ1v) is 10.1. The Morgan fingerprint density at radius 1 is 1.23 bits per heavy atom. The molecule has 0 bridgehead atoms. The summed E-state index contributed by atoms with van der Waals surface area (Å²) in [4.78, 5) is 13.8. The molecule has 6 heteroatoms. The number of carbonyl (C=O) groups excluding carboxylic acids is 1. The molecule has 1 aliphatic rings. The van der Waals surface area contributed by atoms with Crippen LogP contribution in [0.4, 0.5) is 0 Å². The number of carbonyl (C=O) groups is 1. The molecule has 0 saturated carbocycles. The van der Waals surface area contributed by atoms with Crippen molar-refractivity contribution in [3.63, 3.8) is 0 Å². The Morgan fingerprint density at radius 3 is 2.42 bits per heavy atom. The van der Waals surface area contributed by atoms with Crippen molar-refractivity contribution >= 4 is 29.3 Å². The van der Waals surface area contributed by atoms with Crippen LogP contribution >= 0.6 is 23.4 Å². The topological polar surface area (TPSA) is 49.8 Å². The van der Waals surface area contributed by atoms with Gasteiger partial charge in [0.25, 0.3) is 5.91 Å². The molecule has 1 unspecified atom stereocenters. The minimum atomic E-state index is 0.0169. The van der Waals surface area contributed by atoms with Gasteiger partial charge in [0, 0.05) is 23.4 Å². The third-order valence-electron chi connectivity index (χ3n) is 4.03. The lowest BCUT2D eigenvalue weighted by Crippen LogP contribution is -2.33. The number of hydrogen-bond acceptors (Lipinski definition) is 4. The van der Waals surface area contributed by atoms with E-state index in [-0.39, 0.29) is 19.1 Å². The molecule has 2 aromatic carbocycles. The molecule has 1 N–H and O–H groups in total. The minimum Gasteiger partial charge on any atom is -0.484 e. The summed E-state index contributed by atoms with van der Waals surface area (Å²) in [6.45, 7) is 1.76. The highest BCUT2D eigenvalue weighted by atomic mass is 35.5. The lowest BCUT2D eigenvalue weighted by molar-refractivity contribution is -0.132. The number of aliphatic hydroxyl groups is 1. The lowest BCUT2D eigenvalue weighted by Gasteiger charge is -2.16. The van der Waals surface area contributed by atoms with Crippen LogP contribution in [0.2, 0.25) is 5.02 Å². The highest BCUT2D eigenvalue weighted by molar-refractivity contribution is 7.99.